The summed E-state index contributed by atoms with van der Waals surface area (Å²) < 4.78 is 11.4. The third-order valence-electron chi connectivity index (χ3n) is 3.52. The van der Waals surface area contributed by atoms with Crippen LogP contribution < -0.4 is 14.8 Å². The van der Waals surface area contributed by atoms with Gasteiger partial charge in [-0.25, -0.2) is 0 Å². The van der Waals surface area contributed by atoms with Gasteiger partial charge in [-0.3, -0.25) is 0 Å². The Morgan fingerprint density at radius 1 is 1.44 bits per heavy atom. The zero-order chi connectivity index (χ0) is 13.2. The zero-order valence-corrected chi connectivity index (χ0v) is 11.7. The molecule has 0 spiro atoms. The van der Waals surface area contributed by atoms with Crippen LogP contribution in [0.2, 0.25) is 0 Å². The Balaban J connectivity index is 2.31. The molecule has 1 aliphatic rings. The molecule has 100 valence electrons. The van der Waals surface area contributed by atoms with Crippen LogP contribution in [-0.2, 0) is 0 Å². The molecule has 0 unspecified atom stereocenters. The third kappa shape index (κ3) is 2.78. The largest absolute Gasteiger partial charge is 0.497 e. The molecule has 0 aliphatic carbocycles. The smallest absolute Gasteiger partial charge is 0.123 e. The highest BCUT2D eigenvalue weighted by Crippen LogP contribution is 2.43. The van der Waals surface area contributed by atoms with E-state index in [1.54, 1.807) is 7.11 Å². The Morgan fingerprint density at radius 3 is 2.89 bits per heavy atom. The summed E-state index contributed by atoms with van der Waals surface area (Å²) in [6, 6.07) is 6.11. The standard InChI is InChI=1S/C15H23NO2/c1-15(2)10-11(7-8-16-3)13-9-12(17-4)5-6-14(13)18-15/h5-6,9,11,16H,7-8,10H2,1-4H3/t11-/m0/s1. The van der Waals surface area contributed by atoms with Crippen LogP contribution in [0.15, 0.2) is 18.2 Å². The Kier molecular flexibility index (Phi) is 3.81. The molecule has 1 N–H and O–H groups in total. The highest BCUT2D eigenvalue weighted by Gasteiger charge is 2.33. The van der Waals surface area contributed by atoms with Crippen molar-refractivity contribution in [2.75, 3.05) is 20.7 Å². The van der Waals surface area contributed by atoms with Gasteiger partial charge in [-0.15, -0.1) is 0 Å². The first-order chi connectivity index (χ1) is 8.55. The summed E-state index contributed by atoms with van der Waals surface area (Å²) >= 11 is 0. The van der Waals surface area contributed by atoms with Crippen LogP contribution in [0.5, 0.6) is 11.5 Å². The van der Waals surface area contributed by atoms with Crippen LogP contribution in [0.25, 0.3) is 0 Å². The van der Waals surface area contributed by atoms with Gasteiger partial charge >= 0.3 is 0 Å². The number of rotatable bonds is 4. The molecule has 1 heterocycles. The monoisotopic (exact) mass is 249 g/mol. The van der Waals surface area contributed by atoms with Gasteiger partial charge in [0.1, 0.15) is 17.1 Å². The minimum Gasteiger partial charge on any atom is -0.497 e. The summed E-state index contributed by atoms with van der Waals surface area (Å²) in [6.45, 7) is 5.34. The molecule has 0 fully saturated rings. The van der Waals surface area contributed by atoms with Crippen molar-refractivity contribution in [3.05, 3.63) is 23.8 Å². The number of hydrogen-bond donors (Lipinski definition) is 1. The molecule has 0 saturated heterocycles. The quantitative estimate of drug-likeness (QED) is 0.890. The molecule has 0 amide bonds. The van der Waals surface area contributed by atoms with Crippen LogP contribution >= 0.6 is 0 Å². The van der Waals surface area contributed by atoms with E-state index in [0.29, 0.717) is 5.92 Å². The number of hydrogen-bond acceptors (Lipinski definition) is 3. The molecular formula is C15H23NO2. The number of nitrogens with one attached hydrogen (secondary N) is 1. The normalized spacial score (nSPS) is 21.0. The van der Waals surface area contributed by atoms with Crippen LogP contribution in [0, 0.1) is 0 Å². The van der Waals surface area contributed by atoms with E-state index in [9.17, 15) is 0 Å². The number of fused-ring (bicyclic) bond motifs is 1. The van der Waals surface area contributed by atoms with Crippen molar-refractivity contribution < 1.29 is 9.47 Å². The van der Waals surface area contributed by atoms with Crippen LogP contribution in [-0.4, -0.2) is 26.3 Å². The summed E-state index contributed by atoms with van der Waals surface area (Å²) in [4.78, 5) is 0. The molecule has 1 aliphatic heterocycles. The lowest BCUT2D eigenvalue weighted by atomic mass is 9.82. The van der Waals surface area contributed by atoms with E-state index in [1.807, 2.05) is 19.2 Å². The summed E-state index contributed by atoms with van der Waals surface area (Å²) in [5.74, 6) is 2.45. The topological polar surface area (TPSA) is 30.5 Å². The number of benzene rings is 1. The lowest BCUT2D eigenvalue weighted by Gasteiger charge is -2.38. The van der Waals surface area contributed by atoms with Gasteiger partial charge < -0.3 is 14.8 Å². The van der Waals surface area contributed by atoms with E-state index < -0.39 is 0 Å². The molecule has 0 aromatic heterocycles. The fraction of sp³-hybridized carbons (Fsp3) is 0.600. The van der Waals surface area contributed by atoms with Crippen molar-refractivity contribution in [2.45, 2.75) is 38.2 Å². The lowest BCUT2D eigenvalue weighted by molar-refractivity contribution is 0.0704. The maximum atomic E-state index is 6.05. The number of methoxy groups -OCH3 is 1. The highest BCUT2D eigenvalue weighted by atomic mass is 16.5. The molecule has 0 bridgehead atoms. The van der Waals surface area contributed by atoms with Gasteiger partial charge in [-0.1, -0.05) is 0 Å². The van der Waals surface area contributed by atoms with E-state index >= 15 is 0 Å². The second-order valence-electron chi connectivity index (χ2n) is 5.56. The van der Waals surface area contributed by atoms with E-state index in [0.717, 1.165) is 30.9 Å². The van der Waals surface area contributed by atoms with Gasteiger partial charge in [0.05, 0.1) is 7.11 Å². The second-order valence-corrected chi connectivity index (χ2v) is 5.56. The summed E-state index contributed by atoms with van der Waals surface area (Å²) in [5.41, 5.74) is 1.20. The molecule has 1 aromatic carbocycles. The highest BCUT2D eigenvalue weighted by molar-refractivity contribution is 5.44. The van der Waals surface area contributed by atoms with Crippen molar-refractivity contribution in [1.82, 2.24) is 5.32 Å². The predicted octanol–water partition coefficient (Wildman–Crippen LogP) is 2.95. The fourth-order valence-corrected chi connectivity index (χ4v) is 2.68. The summed E-state index contributed by atoms with van der Waals surface area (Å²) in [7, 11) is 3.70. The fourth-order valence-electron chi connectivity index (χ4n) is 2.68. The lowest BCUT2D eigenvalue weighted by Crippen LogP contribution is -2.35. The van der Waals surface area contributed by atoms with Crippen molar-refractivity contribution >= 4 is 0 Å². The molecule has 2 rings (SSSR count). The average Bonchev–Trinajstić information content (AvgIpc) is 2.34. The molecule has 0 saturated carbocycles. The van der Waals surface area contributed by atoms with Gasteiger partial charge in [-0.2, -0.15) is 0 Å². The Bertz CT molecular complexity index is 415. The minimum absolute atomic E-state index is 0.0833. The Morgan fingerprint density at radius 2 is 2.22 bits per heavy atom. The third-order valence-corrected chi connectivity index (χ3v) is 3.52. The van der Waals surface area contributed by atoms with Gasteiger partial charge in [-0.05, 0) is 64.4 Å². The van der Waals surface area contributed by atoms with E-state index in [1.165, 1.54) is 5.56 Å². The van der Waals surface area contributed by atoms with Crippen LogP contribution in [0.3, 0.4) is 0 Å². The van der Waals surface area contributed by atoms with Crippen molar-refractivity contribution in [1.29, 1.82) is 0 Å². The van der Waals surface area contributed by atoms with Gasteiger partial charge in [0.15, 0.2) is 0 Å². The minimum atomic E-state index is -0.0833. The molecule has 1 atom stereocenters. The molecule has 18 heavy (non-hydrogen) atoms. The van der Waals surface area contributed by atoms with E-state index in [4.69, 9.17) is 9.47 Å². The summed E-state index contributed by atoms with van der Waals surface area (Å²) in [5, 5.41) is 3.23. The van der Waals surface area contributed by atoms with Gasteiger partial charge in [0.2, 0.25) is 0 Å². The maximum absolute atomic E-state index is 6.05. The Hall–Kier alpha value is -1.22. The SMILES string of the molecule is CNCC[C@H]1CC(C)(C)Oc2ccc(OC)cc21. The van der Waals surface area contributed by atoms with Crippen molar-refractivity contribution in [2.24, 2.45) is 0 Å². The zero-order valence-electron chi connectivity index (χ0n) is 11.7. The first-order valence-corrected chi connectivity index (χ1v) is 6.57. The summed E-state index contributed by atoms with van der Waals surface area (Å²) in [6.07, 6.45) is 2.18. The Labute approximate surface area is 109 Å². The second kappa shape index (κ2) is 5.19. The van der Waals surface area contributed by atoms with Crippen molar-refractivity contribution in [3.63, 3.8) is 0 Å². The molecule has 1 aromatic rings. The molecule has 0 radical (unpaired) electrons. The van der Waals surface area contributed by atoms with Gasteiger partial charge in [0.25, 0.3) is 0 Å². The van der Waals surface area contributed by atoms with Crippen molar-refractivity contribution in [3.8, 4) is 11.5 Å². The van der Waals surface area contributed by atoms with Crippen LogP contribution in [0.1, 0.15) is 38.2 Å². The molecular weight excluding hydrogens is 226 g/mol. The first kappa shape index (κ1) is 13.2. The molecule has 3 heteroatoms. The number of ether oxygens (including phenoxy) is 2. The first-order valence-electron chi connectivity index (χ1n) is 6.57. The maximum Gasteiger partial charge on any atom is 0.123 e. The van der Waals surface area contributed by atoms with E-state index in [2.05, 4.69) is 25.2 Å². The van der Waals surface area contributed by atoms with E-state index in [-0.39, 0.29) is 5.60 Å². The van der Waals surface area contributed by atoms with Gasteiger partial charge in [0, 0.05) is 5.56 Å². The average molecular weight is 249 g/mol. The molecule has 3 nitrogen and oxygen atoms in total. The van der Waals surface area contributed by atoms with Crippen LogP contribution in [0.4, 0.5) is 0 Å². The predicted molar refractivity (Wildman–Crippen MR) is 73.6 cm³/mol.